The number of carbonyl (C=O) groups is 2. The second-order valence-electron chi connectivity index (χ2n) is 5.66. The van der Waals surface area contributed by atoms with Gasteiger partial charge in [-0.15, -0.1) is 11.3 Å². The molecule has 3 aromatic rings. The third-order valence-corrected chi connectivity index (χ3v) is 4.80. The average Bonchev–Trinajstić information content (AvgIpc) is 3.17. The molecule has 26 heavy (non-hydrogen) atoms. The highest BCUT2D eigenvalue weighted by Crippen LogP contribution is 2.17. The summed E-state index contributed by atoms with van der Waals surface area (Å²) in [5.74, 6) is -1.08. The van der Waals surface area contributed by atoms with Crippen LogP contribution in [0.2, 0.25) is 0 Å². The second-order valence-corrected chi connectivity index (χ2v) is 6.64. The van der Waals surface area contributed by atoms with Crippen molar-refractivity contribution in [3.8, 4) is 0 Å². The molecular weight excluding hydrogens is 354 g/mol. The fraction of sp³-hybridized carbons (Fsp3) is 0.222. The van der Waals surface area contributed by atoms with E-state index < -0.39 is 18.5 Å². The van der Waals surface area contributed by atoms with Crippen LogP contribution in [0.1, 0.15) is 17.8 Å². The Hall–Kier alpha value is -3.00. The standard InChI is InChI=1S/C18H17N3O4S/c1-12(15-7-4-8-26-15)20-16(22)10-25-17(23)9-21-11-19-14-6-3-2-5-13(14)18(21)24/h2-8,11-12H,9-10H2,1H3,(H,20,22)/t12-/m0/s1. The summed E-state index contributed by atoms with van der Waals surface area (Å²) in [5.41, 5.74) is 0.229. The third-order valence-electron chi connectivity index (χ3n) is 3.74. The molecule has 0 saturated carbocycles. The Labute approximate surface area is 153 Å². The van der Waals surface area contributed by atoms with Gasteiger partial charge in [-0.1, -0.05) is 18.2 Å². The largest absolute Gasteiger partial charge is 0.454 e. The number of para-hydroxylation sites is 1. The molecule has 0 aliphatic rings. The molecule has 0 aliphatic carbocycles. The molecule has 3 rings (SSSR count). The van der Waals surface area contributed by atoms with Crippen molar-refractivity contribution in [2.24, 2.45) is 0 Å². The molecule has 1 atom stereocenters. The molecular formula is C18H17N3O4S. The van der Waals surface area contributed by atoms with Gasteiger partial charge in [-0.25, -0.2) is 4.98 Å². The van der Waals surface area contributed by atoms with Gasteiger partial charge in [0.05, 0.1) is 23.3 Å². The van der Waals surface area contributed by atoms with Gasteiger partial charge in [0, 0.05) is 4.88 Å². The lowest BCUT2D eigenvalue weighted by molar-refractivity contribution is -0.149. The monoisotopic (exact) mass is 371 g/mol. The first-order chi connectivity index (χ1) is 12.5. The van der Waals surface area contributed by atoms with Crippen molar-refractivity contribution < 1.29 is 14.3 Å². The van der Waals surface area contributed by atoms with E-state index in [-0.39, 0.29) is 18.1 Å². The molecule has 2 aromatic heterocycles. The van der Waals surface area contributed by atoms with Crippen LogP contribution in [-0.4, -0.2) is 28.0 Å². The molecule has 134 valence electrons. The molecule has 0 radical (unpaired) electrons. The van der Waals surface area contributed by atoms with Crippen molar-refractivity contribution in [2.45, 2.75) is 19.5 Å². The van der Waals surface area contributed by atoms with Gasteiger partial charge < -0.3 is 10.1 Å². The number of aromatic nitrogens is 2. The molecule has 2 heterocycles. The van der Waals surface area contributed by atoms with Crippen LogP contribution in [0.4, 0.5) is 0 Å². The number of esters is 1. The van der Waals surface area contributed by atoms with Crippen LogP contribution in [0, 0.1) is 0 Å². The number of thiophene rings is 1. The first-order valence-corrected chi connectivity index (χ1v) is 8.85. The van der Waals surface area contributed by atoms with Crippen LogP contribution in [0.3, 0.4) is 0 Å². The number of nitrogens with one attached hydrogen (secondary N) is 1. The Balaban J connectivity index is 1.55. The Kier molecular flexibility index (Phi) is 5.43. The summed E-state index contributed by atoms with van der Waals surface area (Å²) in [4.78, 5) is 41.3. The number of nitrogens with zero attached hydrogens (tertiary/aromatic N) is 2. The SMILES string of the molecule is C[C@H](NC(=O)COC(=O)Cn1cnc2ccccc2c1=O)c1cccs1. The van der Waals surface area contributed by atoms with Gasteiger partial charge in [0.1, 0.15) is 6.54 Å². The minimum Gasteiger partial charge on any atom is -0.454 e. The topological polar surface area (TPSA) is 90.3 Å². The molecule has 0 saturated heterocycles. The van der Waals surface area contributed by atoms with Crippen LogP contribution in [0.5, 0.6) is 0 Å². The average molecular weight is 371 g/mol. The van der Waals surface area contributed by atoms with Crippen molar-refractivity contribution in [1.82, 2.24) is 14.9 Å². The predicted octanol–water partition coefficient (Wildman–Crippen LogP) is 1.88. The summed E-state index contributed by atoms with van der Waals surface area (Å²) in [6.07, 6.45) is 1.30. The Bertz CT molecular complexity index is 982. The zero-order valence-electron chi connectivity index (χ0n) is 14.0. The Morgan fingerprint density at radius 1 is 1.27 bits per heavy atom. The number of fused-ring (bicyclic) bond motifs is 1. The van der Waals surface area contributed by atoms with E-state index in [1.54, 1.807) is 24.3 Å². The lowest BCUT2D eigenvalue weighted by Gasteiger charge is -2.12. The van der Waals surface area contributed by atoms with E-state index >= 15 is 0 Å². The minimum atomic E-state index is -0.678. The predicted molar refractivity (Wildman–Crippen MR) is 97.8 cm³/mol. The Morgan fingerprint density at radius 2 is 2.08 bits per heavy atom. The molecule has 0 aliphatic heterocycles. The van der Waals surface area contributed by atoms with E-state index in [0.717, 1.165) is 9.44 Å². The lowest BCUT2D eigenvalue weighted by Crippen LogP contribution is -2.32. The summed E-state index contributed by atoms with van der Waals surface area (Å²) >= 11 is 1.53. The van der Waals surface area contributed by atoms with E-state index in [1.807, 2.05) is 24.4 Å². The van der Waals surface area contributed by atoms with Crippen LogP contribution in [0.25, 0.3) is 10.9 Å². The van der Waals surface area contributed by atoms with Crippen LogP contribution in [0.15, 0.2) is 52.9 Å². The van der Waals surface area contributed by atoms with Gasteiger partial charge in [-0.2, -0.15) is 0 Å². The smallest absolute Gasteiger partial charge is 0.326 e. The highest BCUT2D eigenvalue weighted by molar-refractivity contribution is 7.10. The fourth-order valence-corrected chi connectivity index (χ4v) is 3.18. The van der Waals surface area contributed by atoms with Crippen molar-refractivity contribution in [3.63, 3.8) is 0 Å². The summed E-state index contributed by atoms with van der Waals surface area (Å²) in [7, 11) is 0. The van der Waals surface area contributed by atoms with Crippen molar-refractivity contribution in [2.75, 3.05) is 6.61 Å². The van der Waals surface area contributed by atoms with E-state index in [1.165, 1.54) is 17.7 Å². The molecule has 8 heteroatoms. The van der Waals surface area contributed by atoms with Crippen molar-refractivity contribution in [1.29, 1.82) is 0 Å². The van der Waals surface area contributed by atoms with E-state index in [4.69, 9.17) is 4.74 Å². The quantitative estimate of drug-likeness (QED) is 0.668. The molecule has 0 bridgehead atoms. The summed E-state index contributed by atoms with van der Waals surface area (Å²) < 4.78 is 6.12. The number of rotatable bonds is 6. The molecule has 1 aromatic carbocycles. The fourth-order valence-electron chi connectivity index (χ4n) is 2.44. The molecule has 0 fully saturated rings. The maximum absolute atomic E-state index is 12.3. The number of benzene rings is 1. The first kappa shape index (κ1) is 17.8. The van der Waals surface area contributed by atoms with E-state index in [2.05, 4.69) is 10.3 Å². The van der Waals surface area contributed by atoms with Gasteiger partial charge in [0.25, 0.3) is 11.5 Å². The number of carbonyl (C=O) groups excluding carboxylic acids is 2. The van der Waals surface area contributed by atoms with Gasteiger partial charge in [0.15, 0.2) is 6.61 Å². The number of amides is 1. The highest BCUT2D eigenvalue weighted by Gasteiger charge is 2.14. The number of hydrogen-bond acceptors (Lipinski definition) is 6. The molecule has 1 N–H and O–H groups in total. The molecule has 0 spiro atoms. The van der Waals surface area contributed by atoms with E-state index in [0.29, 0.717) is 10.9 Å². The summed E-state index contributed by atoms with van der Waals surface area (Å²) in [6, 6.07) is 10.5. The molecule has 1 amide bonds. The minimum absolute atomic E-state index is 0.159. The van der Waals surface area contributed by atoms with Crippen LogP contribution >= 0.6 is 11.3 Å². The first-order valence-electron chi connectivity index (χ1n) is 7.97. The maximum Gasteiger partial charge on any atom is 0.326 e. The van der Waals surface area contributed by atoms with Gasteiger partial charge in [-0.3, -0.25) is 19.0 Å². The number of ether oxygens (including phenoxy) is 1. The summed E-state index contributed by atoms with van der Waals surface area (Å²) in [5, 5.41) is 5.10. The summed E-state index contributed by atoms with van der Waals surface area (Å²) in [6.45, 7) is 1.15. The van der Waals surface area contributed by atoms with Crippen molar-refractivity contribution >= 4 is 34.1 Å². The van der Waals surface area contributed by atoms with Crippen LogP contribution < -0.4 is 10.9 Å². The maximum atomic E-state index is 12.3. The van der Waals surface area contributed by atoms with Gasteiger partial charge in [0.2, 0.25) is 0 Å². The normalized spacial score (nSPS) is 11.9. The van der Waals surface area contributed by atoms with Crippen LogP contribution in [-0.2, 0) is 20.9 Å². The zero-order valence-corrected chi connectivity index (χ0v) is 14.9. The second kappa shape index (κ2) is 7.92. The third kappa shape index (κ3) is 4.15. The van der Waals surface area contributed by atoms with Crippen molar-refractivity contribution in [3.05, 3.63) is 63.3 Å². The van der Waals surface area contributed by atoms with E-state index in [9.17, 15) is 14.4 Å². The molecule has 0 unspecified atom stereocenters. The molecule has 7 nitrogen and oxygen atoms in total. The van der Waals surface area contributed by atoms with Gasteiger partial charge >= 0.3 is 5.97 Å². The lowest BCUT2D eigenvalue weighted by atomic mass is 10.2. The zero-order chi connectivity index (χ0) is 18.5. The van der Waals surface area contributed by atoms with Gasteiger partial charge in [-0.05, 0) is 30.5 Å². The Morgan fingerprint density at radius 3 is 2.85 bits per heavy atom. The number of hydrogen-bond donors (Lipinski definition) is 1. The highest BCUT2D eigenvalue weighted by atomic mass is 32.1.